The summed E-state index contributed by atoms with van der Waals surface area (Å²) >= 11 is 0. The lowest BCUT2D eigenvalue weighted by Crippen LogP contribution is -2.34. The van der Waals surface area contributed by atoms with Gasteiger partial charge >= 0.3 is 6.18 Å². The van der Waals surface area contributed by atoms with Gasteiger partial charge in [-0.1, -0.05) is 29.8 Å². The minimum absolute atomic E-state index is 0.0391. The molecule has 2 N–H and O–H groups in total. The van der Waals surface area contributed by atoms with Crippen molar-refractivity contribution in [3.63, 3.8) is 0 Å². The predicted octanol–water partition coefficient (Wildman–Crippen LogP) is 3.54. The summed E-state index contributed by atoms with van der Waals surface area (Å²) in [6.07, 6.45) is -4.50. The van der Waals surface area contributed by atoms with Crippen LogP contribution in [0, 0.1) is 6.92 Å². The van der Waals surface area contributed by atoms with Crippen molar-refractivity contribution in [2.75, 3.05) is 11.9 Å². The molecule has 0 spiro atoms. The average Bonchev–Trinajstić information content (AvgIpc) is 2.52. The Morgan fingerprint density at radius 2 is 1.71 bits per heavy atom. The summed E-state index contributed by atoms with van der Waals surface area (Å²) in [5.41, 5.74) is 1.38. The Kier molecular flexibility index (Phi) is 5.23. The molecule has 0 fully saturated rings. The molecule has 126 valence electrons. The molecule has 24 heavy (non-hydrogen) atoms. The van der Waals surface area contributed by atoms with Crippen LogP contribution in [0.2, 0.25) is 0 Å². The highest BCUT2D eigenvalue weighted by Gasteiger charge is 2.28. The topological polar surface area (TPSA) is 58.2 Å². The predicted molar refractivity (Wildman–Crippen MR) is 84.0 cm³/mol. The van der Waals surface area contributed by atoms with E-state index in [0.29, 0.717) is 5.56 Å². The van der Waals surface area contributed by atoms with Gasteiger partial charge in [-0.2, -0.15) is 13.2 Å². The van der Waals surface area contributed by atoms with Crippen LogP contribution in [0.5, 0.6) is 0 Å². The number of para-hydroxylation sites is 1. The molecule has 0 aliphatic carbocycles. The van der Waals surface area contributed by atoms with Crippen LogP contribution in [0.1, 0.15) is 26.3 Å². The van der Waals surface area contributed by atoms with Gasteiger partial charge in [-0.25, -0.2) is 0 Å². The van der Waals surface area contributed by atoms with Crippen molar-refractivity contribution in [2.45, 2.75) is 13.1 Å². The molecule has 2 amide bonds. The number of amides is 2. The fraction of sp³-hybridized carbons (Fsp3) is 0.176. The van der Waals surface area contributed by atoms with Crippen LogP contribution in [-0.2, 0) is 0 Å². The van der Waals surface area contributed by atoms with E-state index in [-0.39, 0.29) is 11.3 Å². The van der Waals surface area contributed by atoms with Crippen LogP contribution in [0.25, 0.3) is 0 Å². The molecule has 0 saturated heterocycles. The van der Waals surface area contributed by atoms with E-state index < -0.39 is 24.5 Å². The Morgan fingerprint density at radius 1 is 1.00 bits per heavy atom. The summed E-state index contributed by atoms with van der Waals surface area (Å²) in [7, 11) is 0. The first-order valence-electron chi connectivity index (χ1n) is 7.08. The van der Waals surface area contributed by atoms with Gasteiger partial charge in [-0.05, 0) is 31.2 Å². The summed E-state index contributed by atoms with van der Waals surface area (Å²) in [5.74, 6) is -1.36. The fourth-order valence-electron chi connectivity index (χ4n) is 2.05. The molecule has 0 heterocycles. The van der Waals surface area contributed by atoms with E-state index in [1.54, 1.807) is 29.6 Å². The second kappa shape index (κ2) is 7.16. The second-order valence-electron chi connectivity index (χ2n) is 5.17. The van der Waals surface area contributed by atoms with Crippen LogP contribution in [0.3, 0.4) is 0 Å². The lowest BCUT2D eigenvalue weighted by molar-refractivity contribution is -0.123. The van der Waals surface area contributed by atoms with E-state index in [9.17, 15) is 22.8 Å². The SMILES string of the molecule is Cc1cccc(C(=O)Nc2ccccc2C(=O)NCC(F)(F)F)c1. The summed E-state index contributed by atoms with van der Waals surface area (Å²) in [4.78, 5) is 24.2. The van der Waals surface area contributed by atoms with Crippen molar-refractivity contribution >= 4 is 17.5 Å². The van der Waals surface area contributed by atoms with Gasteiger partial charge in [-0.3, -0.25) is 9.59 Å². The Labute approximate surface area is 136 Å². The van der Waals surface area contributed by atoms with Gasteiger partial charge in [0.05, 0.1) is 11.3 Å². The molecule has 0 radical (unpaired) electrons. The van der Waals surface area contributed by atoms with E-state index in [0.717, 1.165) is 5.56 Å². The molecule has 2 aromatic rings. The number of carbonyl (C=O) groups excluding carboxylic acids is 2. The third kappa shape index (κ3) is 4.84. The Bertz CT molecular complexity index is 757. The van der Waals surface area contributed by atoms with E-state index in [1.807, 2.05) is 13.0 Å². The third-order valence-electron chi connectivity index (χ3n) is 3.15. The van der Waals surface area contributed by atoms with E-state index in [4.69, 9.17) is 0 Å². The monoisotopic (exact) mass is 336 g/mol. The molecule has 7 heteroatoms. The molecule has 0 aromatic heterocycles. The molecule has 2 aromatic carbocycles. The van der Waals surface area contributed by atoms with Gasteiger partial charge in [0.25, 0.3) is 11.8 Å². The van der Waals surface area contributed by atoms with Gasteiger partial charge in [0.2, 0.25) is 0 Å². The number of rotatable bonds is 4. The highest BCUT2D eigenvalue weighted by molar-refractivity contribution is 6.09. The Morgan fingerprint density at radius 3 is 2.38 bits per heavy atom. The van der Waals surface area contributed by atoms with Crippen LogP contribution in [0.4, 0.5) is 18.9 Å². The van der Waals surface area contributed by atoms with Crippen molar-refractivity contribution in [3.05, 3.63) is 65.2 Å². The molecular formula is C17H15F3N2O2. The Hall–Kier alpha value is -2.83. The van der Waals surface area contributed by atoms with Crippen molar-refractivity contribution in [1.82, 2.24) is 5.32 Å². The van der Waals surface area contributed by atoms with Crippen molar-refractivity contribution < 1.29 is 22.8 Å². The summed E-state index contributed by atoms with van der Waals surface area (Å²) < 4.78 is 36.7. The summed E-state index contributed by atoms with van der Waals surface area (Å²) in [6, 6.07) is 12.7. The van der Waals surface area contributed by atoms with E-state index in [1.165, 1.54) is 18.2 Å². The van der Waals surface area contributed by atoms with Crippen molar-refractivity contribution in [3.8, 4) is 0 Å². The van der Waals surface area contributed by atoms with Crippen LogP contribution in [0.15, 0.2) is 48.5 Å². The molecule has 0 aliphatic rings. The highest BCUT2D eigenvalue weighted by atomic mass is 19.4. The second-order valence-corrected chi connectivity index (χ2v) is 5.17. The number of carbonyl (C=O) groups is 2. The number of benzene rings is 2. The first-order chi connectivity index (χ1) is 11.3. The molecule has 2 rings (SSSR count). The van der Waals surface area contributed by atoms with E-state index >= 15 is 0 Å². The molecule has 0 atom stereocenters. The number of halogens is 3. The zero-order chi connectivity index (χ0) is 17.7. The number of anilines is 1. The fourth-order valence-corrected chi connectivity index (χ4v) is 2.05. The van der Waals surface area contributed by atoms with E-state index in [2.05, 4.69) is 5.32 Å². The van der Waals surface area contributed by atoms with Crippen molar-refractivity contribution in [1.29, 1.82) is 0 Å². The van der Waals surface area contributed by atoms with Crippen LogP contribution >= 0.6 is 0 Å². The molecule has 0 bridgehead atoms. The number of hydrogen-bond donors (Lipinski definition) is 2. The molecule has 0 aliphatic heterocycles. The minimum Gasteiger partial charge on any atom is -0.343 e. The normalized spacial score (nSPS) is 11.0. The lowest BCUT2D eigenvalue weighted by Gasteiger charge is -2.12. The molecule has 0 saturated carbocycles. The van der Waals surface area contributed by atoms with Crippen LogP contribution in [-0.4, -0.2) is 24.5 Å². The zero-order valence-electron chi connectivity index (χ0n) is 12.8. The maximum atomic E-state index is 12.2. The highest BCUT2D eigenvalue weighted by Crippen LogP contribution is 2.18. The third-order valence-corrected chi connectivity index (χ3v) is 3.15. The molecule has 0 unspecified atom stereocenters. The molecular weight excluding hydrogens is 321 g/mol. The lowest BCUT2D eigenvalue weighted by atomic mass is 10.1. The van der Waals surface area contributed by atoms with Gasteiger partial charge in [0.15, 0.2) is 0 Å². The maximum Gasteiger partial charge on any atom is 0.405 e. The average molecular weight is 336 g/mol. The standard InChI is InChI=1S/C17H15F3N2O2/c1-11-5-4-6-12(9-11)15(23)22-14-8-3-2-7-13(14)16(24)21-10-17(18,19)20/h2-9H,10H2,1H3,(H,21,24)(H,22,23). The van der Waals surface area contributed by atoms with Gasteiger partial charge in [0, 0.05) is 5.56 Å². The van der Waals surface area contributed by atoms with Crippen LogP contribution < -0.4 is 10.6 Å². The number of aryl methyl sites for hydroxylation is 1. The first kappa shape index (κ1) is 17.5. The summed E-state index contributed by atoms with van der Waals surface area (Å²) in [5, 5.41) is 4.34. The minimum atomic E-state index is -4.50. The number of alkyl halides is 3. The van der Waals surface area contributed by atoms with Crippen molar-refractivity contribution in [2.24, 2.45) is 0 Å². The summed E-state index contributed by atoms with van der Waals surface area (Å²) in [6.45, 7) is 0.390. The Balaban J connectivity index is 2.16. The first-order valence-corrected chi connectivity index (χ1v) is 7.08. The largest absolute Gasteiger partial charge is 0.405 e. The zero-order valence-corrected chi connectivity index (χ0v) is 12.8. The van der Waals surface area contributed by atoms with Gasteiger partial charge in [-0.15, -0.1) is 0 Å². The number of hydrogen-bond acceptors (Lipinski definition) is 2. The quantitative estimate of drug-likeness (QED) is 0.897. The smallest absolute Gasteiger partial charge is 0.343 e. The number of nitrogens with one attached hydrogen (secondary N) is 2. The van der Waals surface area contributed by atoms with Gasteiger partial charge < -0.3 is 10.6 Å². The molecule has 4 nitrogen and oxygen atoms in total. The van der Waals surface area contributed by atoms with Gasteiger partial charge in [0.1, 0.15) is 6.54 Å². The maximum absolute atomic E-state index is 12.2.